The van der Waals surface area contributed by atoms with E-state index in [2.05, 4.69) is 23.7 Å². The van der Waals surface area contributed by atoms with Gasteiger partial charge in [-0.25, -0.2) is 4.79 Å². The zero-order valence-corrected chi connectivity index (χ0v) is 28.6. The summed E-state index contributed by atoms with van der Waals surface area (Å²) in [6.07, 6.45) is -4.16. The van der Waals surface area contributed by atoms with Gasteiger partial charge in [0.05, 0.1) is 7.11 Å². The smallest absolute Gasteiger partial charge is 0.412 e. The van der Waals surface area contributed by atoms with Crippen molar-refractivity contribution in [2.45, 2.75) is 91.6 Å². The summed E-state index contributed by atoms with van der Waals surface area (Å²) in [5.74, 6) is -0.496. The summed E-state index contributed by atoms with van der Waals surface area (Å²) < 4.78 is 56.0. The fourth-order valence-electron chi connectivity index (χ4n) is 5.77. The molecule has 0 saturated heterocycles. The molecule has 4 aromatic rings. The highest BCUT2D eigenvalue weighted by atomic mass is 19.4. The molecule has 6 nitrogen and oxygen atoms in total. The molecule has 47 heavy (non-hydrogen) atoms. The lowest BCUT2D eigenvalue weighted by molar-refractivity contribution is -0.156. The Kier molecular flexibility index (Phi) is 10.2. The molecule has 0 bridgehead atoms. The average molecular weight is 651 g/mol. The Balaban J connectivity index is 1.70. The quantitative estimate of drug-likeness (QED) is 0.174. The van der Waals surface area contributed by atoms with Gasteiger partial charge in [0, 0.05) is 28.7 Å². The first-order valence-corrected chi connectivity index (χ1v) is 15.8. The second-order valence-corrected chi connectivity index (χ2v) is 14.1. The average Bonchev–Trinajstić information content (AvgIpc) is 3.23. The zero-order chi connectivity index (χ0) is 34.9. The molecule has 1 aromatic heterocycles. The Morgan fingerprint density at radius 3 is 2.21 bits per heavy atom. The molecule has 3 aromatic carbocycles. The van der Waals surface area contributed by atoms with Crippen LogP contribution < -0.4 is 10.1 Å². The summed E-state index contributed by atoms with van der Waals surface area (Å²) in [4.78, 5) is 25.6. The minimum Gasteiger partial charge on any atom is -0.476 e. The van der Waals surface area contributed by atoms with Crippen LogP contribution in [0.25, 0.3) is 10.9 Å². The van der Waals surface area contributed by atoms with Crippen LogP contribution in [0.4, 0.5) is 13.2 Å². The van der Waals surface area contributed by atoms with E-state index >= 15 is 0 Å². The molecule has 252 valence electrons. The van der Waals surface area contributed by atoms with Crippen LogP contribution in [0.3, 0.4) is 0 Å². The van der Waals surface area contributed by atoms with Gasteiger partial charge in [-0.05, 0) is 85.0 Å². The molecule has 0 fully saturated rings. The second kappa shape index (κ2) is 13.5. The molecular weight excluding hydrogens is 605 g/mol. The number of halogens is 3. The summed E-state index contributed by atoms with van der Waals surface area (Å²) in [5, 5.41) is 3.18. The number of carbonyl (C=O) groups excluding carboxylic acids is 2. The Morgan fingerprint density at radius 1 is 0.915 bits per heavy atom. The number of aromatic nitrogens is 1. The van der Waals surface area contributed by atoms with Crippen molar-refractivity contribution in [1.29, 1.82) is 0 Å². The van der Waals surface area contributed by atoms with Crippen molar-refractivity contribution >= 4 is 22.8 Å². The molecule has 0 aliphatic carbocycles. The number of rotatable bonds is 10. The van der Waals surface area contributed by atoms with Crippen molar-refractivity contribution in [2.75, 3.05) is 7.11 Å². The van der Waals surface area contributed by atoms with E-state index in [1.807, 2.05) is 52.0 Å². The van der Waals surface area contributed by atoms with Gasteiger partial charge in [0.1, 0.15) is 5.75 Å². The predicted octanol–water partition coefficient (Wildman–Crippen LogP) is 8.86. The van der Waals surface area contributed by atoms with Gasteiger partial charge < -0.3 is 19.4 Å². The largest absolute Gasteiger partial charge is 0.476 e. The van der Waals surface area contributed by atoms with Crippen LogP contribution in [0.5, 0.6) is 5.75 Å². The van der Waals surface area contributed by atoms with E-state index < -0.39 is 29.7 Å². The van der Waals surface area contributed by atoms with Gasteiger partial charge in [-0.2, -0.15) is 13.2 Å². The summed E-state index contributed by atoms with van der Waals surface area (Å²) in [6.45, 7) is 15.9. The minimum absolute atomic E-state index is 0.0122. The van der Waals surface area contributed by atoms with Gasteiger partial charge in [-0.1, -0.05) is 77.1 Å². The molecule has 0 spiro atoms. The van der Waals surface area contributed by atoms with Crippen LogP contribution in [0, 0.1) is 12.8 Å². The minimum atomic E-state index is -4.69. The Labute approximate surface area is 275 Å². The van der Waals surface area contributed by atoms with Crippen LogP contribution in [0.15, 0.2) is 66.7 Å². The third-order valence-corrected chi connectivity index (χ3v) is 8.28. The Morgan fingerprint density at radius 2 is 1.60 bits per heavy atom. The highest BCUT2D eigenvalue weighted by Gasteiger charge is 2.42. The third-order valence-electron chi connectivity index (χ3n) is 8.28. The summed E-state index contributed by atoms with van der Waals surface area (Å²) in [7, 11) is 1.31. The maximum atomic E-state index is 14.4. The maximum absolute atomic E-state index is 14.4. The van der Waals surface area contributed by atoms with E-state index in [-0.39, 0.29) is 22.5 Å². The number of esters is 1. The third kappa shape index (κ3) is 8.18. The number of methoxy groups -OCH3 is 1. The summed E-state index contributed by atoms with van der Waals surface area (Å²) >= 11 is 0. The molecule has 1 atom stereocenters. The lowest BCUT2D eigenvalue weighted by Crippen LogP contribution is -2.39. The molecule has 1 N–H and O–H groups in total. The maximum Gasteiger partial charge on any atom is 0.412 e. The van der Waals surface area contributed by atoms with Crippen molar-refractivity contribution in [1.82, 2.24) is 9.88 Å². The van der Waals surface area contributed by atoms with Gasteiger partial charge in [0.2, 0.25) is 0 Å². The molecule has 1 amide bonds. The molecule has 0 aliphatic rings. The van der Waals surface area contributed by atoms with Gasteiger partial charge in [-0.15, -0.1) is 0 Å². The summed E-state index contributed by atoms with van der Waals surface area (Å²) in [6, 6.07) is 16.7. The molecule has 0 radical (unpaired) electrons. The number of carbonyl (C=O) groups is 2. The number of alkyl halides is 3. The van der Waals surface area contributed by atoms with Crippen LogP contribution in [-0.4, -0.2) is 35.3 Å². The van der Waals surface area contributed by atoms with Crippen molar-refractivity contribution in [3.63, 3.8) is 0 Å². The standard InChI is InChI=1S/C38H45F3N2O4/c1-23(2)22-43-24(3)31(19-25-12-10-15-29(18-25)47-37(7,8)35(45)46-9)30-17-16-27(21-32(30)43)34(44)42-33(38(39,40)41)26-13-11-14-28(20-26)36(4,5)6/h10-18,20-21,23,33H,19,22H2,1-9H3,(H,42,44)/t33-/m1/s1. The number of fused-ring (bicyclic) bond motifs is 1. The first-order chi connectivity index (χ1) is 21.8. The fourth-order valence-corrected chi connectivity index (χ4v) is 5.77. The van der Waals surface area contributed by atoms with E-state index in [4.69, 9.17) is 9.47 Å². The van der Waals surface area contributed by atoms with Crippen LogP contribution in [-0.2, 0) is 27.9 Å². The topological polar surface area (TPSA) is 69.6 Å². The number of hydrogen-bond donors (Lipinski definition) is 1. The zero-order valence-electron chi connectivity index (χ0n) is 28.6. The van der Waals surface area contributed by atoms with Crippen molar-refractivity contribution in [3.8, 4) is 5.75 Å². The monoisotopic (exact) mass is 650 g/mol. The van der Waals surface area contributed by atoms with Crippen molar-refractivity contribution < 1.29 is 32.2 Å². The van der Waals surface area contributed by atoms with Crippen LogP contribution >= 0.6 is 0 Å². The van der Waals surface area contributed by atoms with E-state index in [0.29, 0.717) is 18.7 Å². The first-order valence-electron chi connectivity index (χ1n) is 15.8. The van der Waals surface area contributed by atoms with E-state index in [0.717, 1.165) is 33.3 Å². The molecule has 4 rings (SSSR count). The number of ether oxygens (including phenoxy) is 2. The highest BCUT2D eigenvalue weighted by molar-refractivity contribution is 5.99. The molecule has 0 saturated carbocycles. The first kappa shape index (κ1) is 35.6. The molecule has 1 heterocycles. The lowest BCUT2D eigenvalue weighted by atomic mass is 9.85. The van der Waals surface area contributed by atoms with Crippen molar-refractivity contribution in [2.24, 2.45) is 5.92 Å². The number of nitrogens with one attached hydrogen (secondary N) is 1. The normalized spacial score (nSPS) is 13.1. The lowest BCUT2D eigenvalue weighted by Gasteiger charge is -2.25. The number of hydrogen-bond acceptors (Lipinski definition) is 4. The van der Waals surface area contributed by atoms with Crippen LogP contribution in [0.1, 0.15) is 92.8 Å². The van der Waals surface area contributed by atoms with Crippen molar-refractivity contribution in [3.05, 3.63) is 100 Å². The Hall–Kier alpha value is -4.27. The molecule has 0 aliphatic heterocycles. The fraction of sp³-hybridized carbons (Fsp3) is 0.421. The number of nitrogens with zero attached hydrogens (tertiary/aromatic N) is 1. The van der Waals surface area contributed by atoms with Gasteiger partial charge >= 0.3 is 12.1 Å². The highest BCUT2D eigenvalue weighted by Crippen LogP contribution is 2.36. The number of benzene rings is 3. The summed E-state index contributed by atoms with van der Waals surface area (Å²) in [5.41, 5.74) is 3.11. The van der Waals surface area contributed by atoms with E-state index in [1.165, 1.54) is 19.2 Å². The number of amides is 1. The Bertz CT molecular complexity index is 1760. The second-order valence-electron chi connectivity index (χ2n) is 14.1. The van der Waals surface area contributed by atoms with Gasteiger partial charge in [-0.3, -0.25) is 4.79 Å². The van der Waals surface area contributed by atoms with E-state index in [1.54, 1.807) is 44.2 Å². The predicted molar refractivity (Wildman–Crippen MR) is 179 cm³/mol. The van der Waals surface area contributed by atoms with E-state index in [9.17, 15) is 22.8 Å². The SMILES string of the molecule is COC(=O)C(C)(C)Oc1cccc(Cc2c(C)n(CC(C)C)c3cc(C(=O)N[C@H](c4cccc(C(C)(C)C)c4)C(F)(F)F)ccc23)c1. The van der Waals surface area contributed by atoms with Crippen LogP contribution in [0.2, 0.25) is 0 Å². The van der Waals surface area contributed by atoms with Gasteiger partial charge in [0.15, 0.2) is 11.6 Å². The molecular formula is C38H45F3N2O4. The van der Waals surface area contributed by atoms with Gasteiger partial charge in [0.25, 0.3) is 5.91 Å². The molecule has 0 unspecified atom stereocenters. The molecule has 9 heteroatoms.